The zero-order valence-corrected chi connectivity index (χ0v) is 10.00. The highest BCUT2D eigenvalue weighted by molar-refractivity contribution is 5.69. The molecule has 0 radical (unpaired) electrons. The smallest absolute Gasteiger partial charge is 0.281 e. The van der Waals surface area contributed by atoms with Gasteiger partial charge in [0.15, 0.2) is 11.2 Å². The zero-order valence-electron chi connectivity index (χ0n) is 10.00. The number of imidazole rings is 1. The van der Waals surface area contributed by atoms with E-state index in [1.165, 1.54) is 10.9 Å². The molecule has 0 aliphatic heterocycles. The van der Waals surface area contributed by atoms with Crippen molar-refractivity contribution in [2.45, 2.75) is 6.54 Å². The van der Waals surface area contributed by atoms with Gasteiger partial charge in [0, 0.05) is 5.69 Å². The molecule has 0 atom stereocenters. The van der Waals surface area contributed by atoms with E-state index in [0.717, 1.165) is 5.56 Å². The number of nitrogens with one attached hydrogen (secondary N) is 1. The Morgan fingerprint density at radius 1 is 1.26 bits per heavy atom. The van der Waals surface area contributed by atoms with E-state index in [4.69, 9.17) is 11.5 Å². The summed E-state index contributed by atoms with van der Waals surface area (Å²) in [6, 6.07) is 7.31. The maximum Gasteiger partial charge on any atom is 0.281 e. The first-order chi connectivity index (χ1) is 9.16. The van der Waals surface area contributed by atoms with Crippen molar-refractivity contribution in [3.63, 3.8) is 0 Å². The molecule has 2 aromatic heterocycles. The van der Waals surface area contributed by atoms with Crippen LogP contribution in [0.4, 0.5) is 11.6 Å². The van der Waals surface area contributed by atoms with E-state index in [1.54, 1.807) is 6.07 Å². The monoisotopic (exact) mass is 256 g/mol. The molecule has 0 saturated carbocycles. The molecule has 0 amide bonds. The Bertz CT molecular complexity index is 803. The van der Waals surface area contributed by atoms with Crippen LogP contribution in [-0.4, -0.2) is 19.5 Å². The summed E-state index contributed by atoms with van der Waals surface area (Å²) in [4.78, 5) is 23.0. The van der Waals surface area contributed by atoms with Gasteiger partial charge in [-0.15, -0.1) is 0 Å². The molecule has 1 aromatic carbocycles. The van der Waals surface area contributed by atoms with Gasteiger partial charge >= 0.3 is 0 Å². The summed E-state index contributed by atoms with van der Waals surface area (Å²) in [5.74, 6) is 0.118. The Labute approximate surface area is 107 Å². The molecule has 0 saturated heterocycles. The lowest BCUT2D eigenvalue weighted by molar-refractivity contribution is 0.763. The lowest BCUT2D eigenvalue weighted by atomic mass is 10.2. The number of anilines is 2. The minimum absolute atomic E-state index is 0.118. The van der Waals surface area contributed by atoms with Crippen molar-refractivity contribution in [1.29, 1.82) is 0 Å². The van der Waals surface area contributed by atoms with Crippen LogP contribution in [0.25, 0.3) is 11.2 Å². The van der Waals surface area contributed by atoms with Crippen molar-refractivity contribution >= 4 is 22.8 Å². The first kappa shape index (κ1) is 11.3. The highest BCUT2D eigenvalue weighted by Crippen LogP contribution is 2.13. The number of aromatic nitrogens is 4. The van der Waals surface area contributed by atoms with E-state index in [-0.39, 0.29) is 18.1 Å². The van der Waals surface area contributed by atoms with Crippen LogP contribution in [0.2, 0.25) is 0 Å². The first-order valence-electron chi connectivity index (χ1n) is 5.69. The number of hydrogen-bond donors (Lipinski definition) is 3. The molecule has 0 unspecified atom stereocenters. The van der Waals surface area contributed by atoms with Gasteiger partial charge in [-0.25, -0.2) is 4.98 Å². The van der Waals surface area contributed by atoms with Gasteiger partial charge in [-0.05, 0) is 11.6 Å². The van der Waals surface area contributed by atoms with E-state index in [2.05, 4.69) is 15.0 Å². The number of benzene rings is 1. The van der Waals surface area contributed by atoms with Crippen LogP contribution in [-0.2, 0) is 6.54 Å². The van der Waals surface area contributed by atoms with Crippen molar-refractivity contribution in [1.82, 2.24) is 19.5 Å². The van der Waals surface area contributed by atoms with Crippen molar-refractivity contribution in [3.05, 3.63) is 46.5 Å². The molecule has 2 heterocycles. The average molecular weight is 256 g/mol. The molecule has 96 valence electrons. The van der Waals surface area contributed by atoms with E-state index >= 15 is 0 Å². The lowest BCUT2D eigenvalue weighted by Gasteiger charge is -2.10. The van der Waals surface area contributed by atoms with Crippen molar-refractivity contribution in [3.8, 4) is 0 Å². The minimum Gasteiger partial charge on any atom is -0.398 e. The number of hydrogen-bond acceptors (Lipinski definition) is 5. The second-order valence-electron chi connectivity index (χ2n) is 4.16. The fourth-order valence-electron chi connectivity index (χ4n) is 1.94. The minimum atomic E-state index is -0.261. The summed E-state index contributed by atoms with van der Waals surface area (Å²) in [6.07, 6.45) is 1.42. The Morgan fingerprint density at radius 3 is 2.84 bits per heavy atom. The number of nitrogens with two attached hydrogens (primary N) is 2. The predicted molar refractivity (Wildman–Crippen MR) is 72.5 cm³/mol. The number of rotatable bonds is 2. The van der Waals surface area contributed by atoms with Gasteiger partial charge < -0.3 is 16.5 Å². The molecule has 5 N–H and O–H groups in total. The summed E-state index contributed by atoms with van der Waals surface area (Å²) >= 11 is 0. The number of para-hydroxylation sites is 1. The molecule has 19 heavy (non-hydrogen) atoms. The third-order valence-electron chi connectivity index (χ3n) is 2.96. The van der Waals surface area contributed by atoms with Crippen LogP contribution in [0.5, 0.6) is 0 Å². The average Bonchev–Trinajstić information content (AvgIpc) is 2.84. The topological polar surface area (TPSA) is 116 Å². The SMILES string of the molecule is Nc1ccccc1Cn1c(N)nc2nc[nH]c2c1=O. The molecule has 0 aliphatic carbocycles. The molecule has 0 spiro atoms. The number of H-pyrrole nitrogens is 1. The van der Waals surface area contributed by atoms with Crippen LogP contribution in [0.1, 0.15) is 5.56 Å². The maximum atomic E-state index is 12.3. The van der Waals surface area contributed by atoms with Gasteiger partial charge in [-0.3, -0.25) is 9.36 Å². The molecule has 0 bridgehead atoms. The second kappa shape index (κ2) is 4.13. The molecular formula is C12H12N6O. The van der Waals surface area contributed by atoms with Crippen LogP contribution in [0, 0.1) is 0 Å². The van der Waals surface area contributed by atoms with Crippen LogP contribution in [0.3, 0.4) is 0 Å². The van der Waals surface area contributed by atoms with Crippen molar-refractivity contribution in [2.24, 2.45) is 0 Å². The van der Waals surface area contributed by atoms with E-state index in [1.807, 2.05) is 18.2 Å². The lowest BCUT2D eigenvalue weighted by Crippen LogP contribution is -2.25. The van der Waals surface area contributed by atoms with Crippen LogP contribution in [0.15, 0.2) is 35.4 Å². The molecular weight excluding hydrogens is 244 g/mol. The molecule has 7 nitrogen and oxygen atoms in total. The van der Waals surface area contributed by atoms with Crippen molar-refractivity contribution < 1.29 is 0 Å². The number of nitrogens with zero attached hydrogens (tertiary/aromatic N) is 3. The van der Waals surface area contributed by atoms with Gasteiger partial charge in [0.2, 0.25) is 5.95 Å². The molecule has 0 fully saturated rings. The second-order valence-corrected chi connectivity index (χ2v) is 4.16. The third-order valence-corrected chi connectivity index (χ3v) is 2.96. The number of aromatic amines is 1. The highest BCUT2D eigenvalue weighted by atomic mass is 16.1. The number of fused-ring (bicyclic) bond motifs is 1. The molecule has 0 aliphatic rings. The highest BCUT2D eigenvalue weighted by Gasteiger charge is 2.11. The first-order valence-corrected chi connectivity index (χ1v) is 5.69. The fraction of sp³-hybridized carbons (Fsp3) is 0.0833. The third kappa shape index (κ3) is 1.81. The predicted octanol–water partition coefficient (Wildman–Crippen LogP) is 0.332. The Hall–Kier alpha value is -2.83. The van der Waals surface area contributed by atoms with Gasteiger partial charge in [0.1, 0.15) is 0 Å². The van der Waals surface area contributed by atoms with E-state index < -0.39 is 0 Å². The maximum absolute atomic E-state index is 12.3. The quantitative estimate of drug-likeness (QED) is 0.571. The van der Waals surface area contributed by atoms with Crippen LogP contribution >= 0.6 is 0 Å². The summed E-state index contributed by atoms with van der Waals surface area (Å²) in [6.45, 7) is 0.277. The van der Waals surface area contributed by atoms with E-state index in [9.17, 15) is 4.79 Å². The summed E-state index contributed by atoms with van der Waals surface area (Å²) in [5, 5.41) is 0. The zero-order chi connectivity index (χ0) is 13.4. The number of nitrogen functional groups attached to an aromatic ring is 2. The Balaban J connectivity index is 2.15. The van der Waals surface area contributed by atoms with E-state index in [0.29, 0.717) is 16.9 Å². The molecule has 7 heteroatoms. The largest absolute Gasteiger partial charge is 0.398 e. The van der Waals surface area contributed by atoms with Gasteiger partial charge in [-0.1, -0.05) is 18.2 Å². The summed E-state index contributed by atoms with van der Waals surface area (Å²) in [5.41, 5.74) is 13.5. The van der Waals surface area contributed by atoms with Crippen LogP contribution < -0.4 is 17.0 Å². The summed E-state index contributed by atoms with van der Waals surface area (Å²) in [7, 11) is 0. The summed E-state index contributed by atoms with van der Waals surface area (Å²) < 4.78 is 1.37. The van der Waals surface area contributed by atoms with Crippen molar-refractivity contribution in [2.75, 3.05) is 11.5 Å². The Kier molecular flexibility index (Phi) is 2.45. The van der Waals surface area contributed by atoms with Gasteiger partial charge in [0.05, 0.1) is 12.9 Å². The fourth-order valence-corrected chi connectivity index (χ4v) is 1.94. The van der Waals surface area contributed by atoms with Gasteiger partial charge in [-0.2, -0.15) is 4.98 Å². The normalized spacial score (nSPS) is 10.9. The Morgan fingerprint density at radius 2 is 2.05 bits per heavy atom. The van der Waals surface area contributed by atoms with Gasteiger partial charge in [0.25, 0.3) is 5.56 Å². The molecule has 3 rings (SSSR count). The molecule has 3 aromatic rings. The standard InChI is InChI=1S/C12H12N6O/c13-8-4-2-1-3-7(8)5-18-11(19)9-10(16-6-15-9)17-12(18)14/h1-4,6H,5,13H2,(H2,14,17)(H,15,16).